The maximum Gasteiger partial charge on any atom is 0.310 e. The minimum atomic E-state index is -3.94. The van der Waals surface area contributed by atoms with Crippen LogP contribution >= 0.6 is 0 Å². The molecule has 1 heterocycles. The van der Waals surface area contributed by atoms with Crippen molar-refractivity contribution in [1.29, 1.82) is 0 Å². The van der Waals surface area contributed by atoms with Crippen LogP contribution in [0.3, 0.4) is 0 Å². The zero-order valence-electron chi connectivity index (χ0n) is 9.58. The van der Waals surface area contributed by atoms with Gasteiger partial charge in [0.05, 0.1) is 5.41 Å². The fourth-order valence-electron chi connectivity index (χ4n) is 1.68. The molecule has 0 bridgehead atoms. The zero-order chi connectivity index (χ0) is 13.5. The summed E-state index contributed by atoms with van der Waals surface area (Å²) in [5.74, 6) is -1.07. The Morgan fingerprint density at radius 2 is 1.88 bits per heavy atom. The van der Waals surface area contributed by atoms with Gasteiger partial charge >= 0.3 is 5.97 Å². The molecule has 1 N–H and O–H groups in total. The van der Waals surface area contributed by atoms with E-state index in [4.69, 9.17) is 5.11 Å². The summed E-state index contributed by atoms with van der Waals surface area (Å²) in [6, 6.07) is 0. The van der Waals surface area contributed by atoms with E-state index in [9.17, 15) is 21.6 Å². The molecule has 0 aromatic rings. The largest absolute Gasteiger partial charge is 0.481 e. The van der Waals surface area contributed by atoms with Gasteiger partial charge in [-0.05, 0) is 13.3 Å². The van der Waals surface area contributed by atoms with E-state index in [1.54, 1.807) is 0 Å². The first kappa shape index (κ1) is 14.4. The van der Waals surface area contributed by atoms with Gasteiger partial charge in [-0.1, -0.05) is 0 Å². The van der Waals surface area contributed by atoms with Crippen LogP contribution in [-0.4, -0.2) is 56.6 Å². The van der Waals surface area contributed by atoms with E-state index >= 15 is 0 Å². The van der Waals surface area contributed by atoms with Gasteiger partial charge in [-0.3, -0.25) is 4.79 Å². The second-order valence-electron chi connectivity index (χ2n) is 4.60. The van der Waals surface area contributed by atoms with Gasteiger partial charge in [-0.2, -0.15) is 4.31 Å². The van der Waals surface area contributed by atoms with E-state index in [0.29, 0.717) is 0 Å². The lowest BCUT2D eigenvalue weighted by molar-refractivity contribution is -0.146. The predicted octanol–water partition coefficient (Wildman–Crippen LogP) is -0.885. The zero-order valence-corrected chi connectivity index (χ0v) is 11.2. The fourth-order valence-corrected chi connectivity index (χ4v) is 5.29. The fraction of sp³-hybridized carbons (Fsp3) is 0.875. The highest BCUT2D eigenvalue weighted by atomic mass is 32.3. The van der Waals surface area contributed by atoms with E-state index in [1.807, 2.05) is 0 Å². The number of carboxylic acids is 1. The molecule has 7 nitrogen and oxygen atoms in total. The Morgan fingerprint density at radius 1 is 1.35 bits per heavy atom. The third kappa shape index (κ3) is 3.39. The van der Waals surface area contributed by atoms with Gasteiger partial charge in [0.2, 0.25) is 10.0 Å². The van der Waals surface area contributed by atoms with Gasteiger partial charge in [0.25, 0.3) is 0 Å². The molecule has 1 fully saturated rings. The summed E-state index contributed by atoms with van der Waals surface area (Å²) < 4.78 is 46.3. The van der Waals surface area contributed by atoms with Crippen LogP contribution in [-0.2, 0) is 24.7 Å². The second kappa shape index (κ2) is 4.21. The molecule has 1 atom stereocenters. The van der Waals surface area contributed by atoms with Crippen LogP contribution < -0.4 is 0 Å². The summed E-state index contributed by atoms with van der Waals surface area (Å²) in [4.78, 5) is 10.9. The third-order valence-electron chi connectivity index (χ3n) is 2.71. The van der Waals surface area contributed by atoms with Gasteiger partial charge in [-0.15, -0.1) is 0 Å². The lowest BCUT2D eigenvalue weighted by atomic mass is 9.90. The Balaban J connectivity index is 2.89. The SMILES string of the molecule is CC1(C(=O)O)CCN(S(=O)(=O)CS(C)(=O)=O)C1. The van der Waals surface area contributed by atoms with Crippen LogP contribution in [0.5, 0.6) is 0 Å². The van der Waals surface area contributed by atoms with Crippen molar-refractivity contribution >= 4 is 25.8 Å². The number of hydrogen-bond acceptors (Lipinski definition) is 5. The van der Waals surface area contributed by atoms with Crippen molar-refractivity contribution in [3.8, 4) is 0 Å². The molecular weight excluding hydrogens is 270 g/mol. The van der Waals surface area contributed by atoms with E-state index in [1.165, 1.54) is 6.92 Å². The van der Waals surface area contributed by atoms with Crippen molar-refractivity contribution in [2.75, 3.05) is 24.4 Å². The van der Waals surface area contributed by atoms with Crippen molar-refractivity contribution in [3.05, 3.63) is 0 Å². The Bertz CT molecular complexity index is 522. The highest BCUT2D eigenvalue weighted by molar-refractivity contribution is 8.06. The number of sulfonamides is 1. The number of hydrogen-bond donors (Lipinski definition) is 1. The molecule has 1 unspecified atom stereocenters. The van der Waals surface area contributed by atoms with E-state index in [2.05, 4.69) is 0 Å². The van der Waals surface area contributed by atoms with Crippen LogP contribution in [0.25, 0.3) is 0 Å². The van der Waals surface area contributed by atoms with Crippen molar-refractivity contribution in [2.45, 2.75) is 13.3 Å². The molecule has 17 heavy (non-hydrogen) atoms. The van der Waals surface area contributed by atoms with Gasteiger partial charge < -0.3 is 5.11 Å². The molecule has 1 aliphatic rings. The van der Waals surface area contributed by atoms with Crippen LogP contribution in [0.15, 0.2) is 0 Å². The van der Waals surface area contributed by atoms with Crippen LogP contribution in [0, 0.1) is 5.41 Å². The summed E-state index contributed by atoms with van der Waals surface area (Å²) in [6.45, 7) is 1.31. The molecule has 0 spiro atoms. The first-order chi connectivity index (χ1) is 7.46. The van der Waals surface area contributed by atoms with Crippen molar-refractivity contribution < 1.29 is 26.7 Å². The Kier molecular flexibility index (Phi) is 3.57. The molecule has 0 saturated carbocycles. The second-order valence-corrected chi connectivity index (χ2v) is 9.08. The van der Waals surface area contributed by atoms with Gasteiger partial charge in [0.15, 0.2) is 14.9 Å². The molecular formula is C8H15NO6S2. The average Bonchev–Trinajstić information content (AvgIpc) is 2.45. The molecule has 0 radical (unpaired) electrons. The van der Waals surface area contributed by atoms with Gasteiger partial charge in [0, 0.05) is 19.3 Å². The highest BCUT2D eigenvalue weighted by Gasteiger charge is 2.45. The molecule has 9 heteroatoms. The predicted molar refractivity (Wildman–Crippen MR) is 60.6 cm³/mol. The summed E-state index contributed by atoms with van der Waals surface area (Å²) in [5, 5.41) is 7.97. The van der Waals surface area contributed by atoms with Crippen LogP contribution in [0.1, 0.15) is 13.3 Å². The number of carbonyl (C=O) groups is 1. The molecule has 100 valence electrons. The normalized spacial score (nSPS) is 27.2. The molecule has 0 aromatic heterocycles. The Labute approximate surface area is 100 Å². The van der Waals surface area contributed by atoms with Gasteiger partial charge in [0.1, 0.15) is 0 Å². The first-order valence-corrected chi connectivity index (χ1v) is 8.52. The average molecular weight is 285 g/mol. The van der Waals surface area contributed by atoms with Crippen LogP contribution in [0.4, 0.5) is 0 Å². The lowest BCUT2D eigenvalue weighted by Crippen LogP contribution is -2.37. The number of sulfone groups is 1. The van der Waals surface area contributed by atoms with Crippen molar-refractivity contribution in [3.63, 3.8) is 0 Å². The minimum absolute atomic E-state index is 0.0423. The monoisotopic (exact) mass is 285 g/mol. The Morgan fingerprint density at radius 3 is 2.24 bits per heavy atom. The third-order valence-corrected chi connectivity index (χ3v) is 6.71. The summed E-state index contributed by atoms with van der Waals surface area (Å²) >= 11 is 0. The number of aliphatic carboxylic acids is 1. The maximum absolute atomic E-state index is 11.7. The molecule has 1 aliphatic heterocycles. The standard InChI is InChI=1S/C8H15NO6S2/c1-8(7(10)11)3-4-9(5-8)17(14,15)6-16(2,12)13/h3-6H2,1-2H3,(H,10,11). The highest BCUT2D eigenvalue weighted by Crippen LogP contribution is 2.32. The molecule has 1 saturated heterocycles. The molecule has 0 aliphatic carbocycles. The van der Waals surface area contributed by atoms with Crippen molar-refractivity contribution in [2.24, 2.45) is 5.41 Å². The topological polar surface area (TPSA) is 109 Å². The summed E-state index contributed by atoms with van der Waals surface area (Å²) in [5.41, 5.74) is -1.13. The summed E-state index contributed by atoms with van der Waals surface area (Å²) in [6.07, 6.45) is 1.02. The molecule has 1 rings (SSSR count). The first-order valence-electron chi connectivity index (χ1n) is 4.85. The Hall–Kier alpha value is -0.670. The maximum atomic E-state index is 11.7. The van der Waals surface area contributed by atoms with E-state index in [-0.39, 0.29) is 19.5 Å². The summed E-state index contributed by atoms with van der Waals surface area (Å²) in [7, 11) is -7.59. The minimum Gasteiger partial charge on any atom is -0.481 e. The number of nitrogens with zero attached hydrogens (tertiary/aromatic N) is 1. The number of rotatable bonds is 4. The lowest BCUT2D eigenvalue weighted by Gasteiger charge is -2.19. The smallest absolute Gasteiger partial charge is 0.310 e. The van der Waals surface area contributed by atoms with Crippen LogP contribution in [0.2, 0.25) is 0 Å². The molecule has 0 amide bonds. The molecule has 0 aromatic carbocycles. The quantitative estimate of drug-likeness (QED) is 0.718. The van der Waals surface area contributed by atoms with Gasteiger partial charge in [-0.25, -0.2) is 16.8 Å². The van der Waals surface area contributed by atoms with E-state index in [0.717, 1.165) is 10.6 Å². The van der Waals surface area contributed by atoms with Crippen molar-refractivity contribution in [1.82, 2.24) is 4.31 Å². The number of carboxylic acid groups (broad SMARTS) is 1. The van der Waals surface area contributed by atoms with E-state index < -0.39 is 36.3 Å².